The molecule has 2 atom stereocenters. The predicted molar refractivity (Wildman–Crippen MR) is 112 cm³/mol. The topological polar surface area (TPSA) is 84.5 Å². The second-order valence-corrected chi connectivity index (χ2v) is 8.32. The van der Waals surface area contributed by atoms with Crippen LogP contribution in [-0.2, 0) is 19.7 Å². The summed E-state index contributed by atoms with van der Waals surface area (Å²) in [6.07, 6.45) is 0.526. The van der Waals surface area contributed by atoms with Crippen molar-refractivity contribution in [1.82, 2.24) is 0 Å². The van der Waals surface area contributed by atoms with Crippen molar-refractivity contribution in [2.75, 3.05) is 17.7 Å². The van der Waals surface area contributed by atoms with Gasteiger partial charge in [-0.05, 0) is 53.8 Å². The molecule has 0 spiro atoms. The van der Waals surface area contributed by atoms with Gasteiger partial charge in [-0.3, -0.25) is 9.59 Å². The molecule has 0 bridgehead atoms. The van der Waals surface area contributed by atoms with Crippen LogP contribution in [0.3, 0.4) is 0 Å². The van der Waals surface area contributed by atoms with Crippen molar-refractivity contribution in [2.45, 2.75) is 32.6 Å². The van der Waals surface area contributed by atoms with E-state index in [1.807, 2.05) is 24.3 Å². The van der Waals surface area contributed by atoms with Crippen LogP contribution in [0, 0.1) is 11.8 Å². The Morgan fingerprint density at radius 3 is 1.69 bits per heavy atom. The summed E-state index contributed by atoms with van der Waals surface area (Å²) >= 11 is 0. The van der Waals surface area contributed by atoms with Crippen LogP contribution in [-0.4, -0.2) is 24.9 Å². The maximum absolute atomic E-state index is 12.4. The molecule has 1 aliphatic rings. The molecule has 1 fully saturated rings. The molecule has 2 unspecified atom stereocenters. The number of anilines is 2. The number of methoxy groups -OCH3 is 1. The van der Waals surface area contributed by atoms with Gasteiger partial charge in [0, 0.05) is 11.4 Å². The molecule has 2 aromatic rings. The molecular weight excluding hydrogens is 368 g/mol. The van der Waals surface area contributed by atoms with Gasteiger partial charge in [0.2, 0.25) is 11.8 Å². The van der Waals surface area contributed by atoms with Gasteiger partial charge in [-0.25, -0.2) is 4.79 Å². The van der Waals surface area contributed by atoms with Crippen LogP contribution in [0.4, 0.5) is 11.4 Å². The molecular formula is C23H26N2O4. The van der Waals surface area contributed by atoms with Crippen LogP contribution in [0.1, 0.15) is 43.1 Å². The van der Waals surface area contributed by atoms with Crippen molar-refractivity contribution < 1.29 is 19.1 Å². The van der Waals surface area contributed by atoms with E-state index in [9.17, 15) is 14.4 Å². The van der Waals surface area contributed by atoms with Gasteiger partial charge in [-0.1, -0.05) is 32.9 Å². The zero-order valence-corrected chi connectivity index (χ0v) is 17.1. The van der Waals surface area contributed by atoms with E-state index in [4.69, 9.17) is 0 Å². The maximum Gasteiger partial charge on any atom is 0.337 e. The highest BCUT2D eigenvalue weighted by Gasteiger charge is 2.48. The van der Waals surface area contributed by atoms with E-state index in [-0.39, 0.29) is 29.1 Å². The first kappa shape index (κ1) is 20.6. The lowest BCUT2D eigenvalue weighted by atomic mass is 9.87. The molecule has 2 amide bonds. The van der Waals surface area contributed by atoms with Crippen LogP contribution in [0.25, 0.3) is 0 Å². The Kier molecular flexibility index (Phi) is 5.73. The van der Waals surface area contributed by atoms with Crippen LogP contribution >= 0.6 is 0 Å². The number of rotatable bonds is 5. The highest BCUT2D eigenvalue weighted by atomic mass is 16.5. The van der Waals surface area contributed by atoms with Crippen molar-refractivity contribution in [3.63, 3.8) is 0 Å². The highest BCUT2D eigenvalue weighted by Crippen LogP contribution is 2.40. The fourth-order valence-corrected chi connectivity index (χ4v) is 3.11. The number of benzene rings is 2. The third-order valence-electron chi connectivity index (χ3n) is 5.06. The Balaban J connectivity index is 1.52. The number of nitrogens with one attached hydrogen (secondary N) is 2. The summed E-state index contributed by atoms with van der Waals surface area (Å²) in [6.45, 7) is 6.41. The van der Waals surface area contributed by atoms with Crippen molar-refractivity contribution in [3.8, 4) is 0 Å². The molecule has 0 aliphatic heterocycles. The first-order chi connectivity index (χ1) is 13.7. The second-order valence-electron chi connectivity index (χ2n) is 8.32. The van der Waals surface area contributed by atoms with E-state index in [0.717, 1.165) is 5.69 Å². The Bertz CT molecular complexity index is 911. The number of hydrogen-bond donors (Lipinski definition) is 2. The molecule has 152 valence electrons. The molecule has 0 aromatic heterocycles. The summed E-state index contributed by atoms with van der Waals surface area (Å²) < 4.78 is 4.65. The molecule has 3 rings (SSSR count). The first-order valence-corrected chi connectivity index (χ1v) is 9.59. The number of esters is 1. The number of carbonyl (C=O) groups excluding carboxylic acids is 3. The molecule has 1 saturated carbocycles. The zero-order chi connectivity index (χ0) is 21.2. The van der Waals surface area contributed by atoms with Gasteiger partial charge in [-0.15, -0.1) is 0 Å². The normalized spacial score (nSPS) is 17.9. The van der Waals surface area contributed by atoms with E-state index in [0.29, 0.717) is 17.7 Å². The second kappa shape index (κ2) is 8.07. The molecule has 0 heterocycles. The van der Waals surface area contributed by atoms with E-state index in [1.54, 1.807) is 24.3 Å². The van der Waals surface area contributed by atoms with Gasteiger partial charge in [0.05, 0.1) is 24.5 Å². The third-order valence-corrected chi connectivity index (χ3v) is 5.06. The average Bonchev–Trinajstić information content (AvgIpc) is 3.49. The average molecular weight is 394 g/mol. The summed E-state index contributed by atoms with van der Waals surface area (Å²) in [7, 11) is 1.31. The van der Waals surface area contributed by atoms with E-state index in [2.05, 4.69) is 36.1 Å². The molecule has 6 nitrogen and oxygen atoms in total. The predicted octanol–water partition coefficient (Wildman–Crippen LogP) is 3.98. The minimum absolute atomic E-state index is 0.0528. The molecule has 1 aliphatic carbocycles. The Morgan fingerprint density at radius 1 is 0.828 bits per heavy atom. The van der Waals surface area contributed by atoms with E-state index < -0.39 is 5.97 Å². The Morgan fingerprint density at radius 2 is 1.28 bits per heavy atom. The van der Waals surface area contributed by atoms with Crippen molar-refractivity contribution in [2.24, 2.45) is 11.8 Å². The first-order valence-electron chi connectivity index (χ1n) is 9.59. The Labute approximate surface area is 170 Å². The molecule has 0 saturated heterocycles. The van der Waals surface area contributed by atoms with E-state index in [1.165, 1.54) is 12.7 Å². The lowest BCUT2D eigenvalue weighted by molar-refractivity contribution is -0.122. The fraction of sp³-hybridized carbons (Fsp3) is 0.348. The van der Waals surface area contributed by atoms with Crippen molar-refractivity contribution in [3.05, 3.63) is 59.7 Å². The van der Waals surface area contributed by atoms with Crippen LogP contribution in [0.5, 0.6) is 0 Å². The molecule has 0 radical (unpaired) electrons. The maximum atomic E-state index is 12.4. The van der Waals surface area contributed by atoms with Gasteiger partial charge in [0.1, 0.15) is 0 Å². The summed E-state index contributed by atoms with van der Waals surface area (Å²) in [5.41, 5.74) is 2.96. The molecule has 2 N–H and O–H groups in total. The smallest absolute Gasteiger partial charge is 0.337 e. The summed E-state index contributed by atoms with van der Waals surface area (Å²) in [5, 5.41) is 5.68. The quantitative estimate of drug-likeness (QED) is 0.751. The van der Waals surface area contributed by atoms with Gasteiger partial charge in [0.25, 0.3) is 0 Å². The molecule has 2 aromatic carbocycles. The van der Waals surface area contributed by atoms with Gasteiger partial charge >= 0.3 is 5.97 Å². The van der Waals surface area contributed by atoms with Crippen molar-refractivity contribution in [1.29, 1.82) is 0 Å². The van der Waals surface area contributed by atoms with Crippen LogP contribution < -0.4 is 10.6 Å². The van der Waals surface area contributed by atoms with Gasteiger partial charge in [0.15, 0.2) is 0 Å². The van der Waals surface area contributed by atoms with E-state index >= 15 is 0 Å². The fourth-order valence-electron chi connectivity index (χ4n) is 3.11. The number of hydrogen-bond acceptors (Lipinski definition) is 4. The largest absolute Gasteiger partial charge is 0.465 e. The minimum atomic E-state index is -0.433. The lowest BCUT2D eigenvalue weighted by Crippen LogP contribution is -2.20. The summed E-state index contributed by atoms with van der Waals surface area (Å²) in [6, 6.07) is 14.2. The van der Waals surface area contributed by atoms with Crippen LogP contribution in [0.2, 0.25) is 0 Å². The SMILES string of the molecule is COC(=O)c1ccc(NC(=O)C2CC2C(=O)Nc2ccc(C(C)(C)C)cc2)cc1. The highest BCUT2D eigenvalue weighted by molar-refractivity contribution is 6.03. The monoisotopic (exact) mass is 394 g/mol. The zero-order valence-electron chi connectivity index (χ0n) is 17.1. The lowest BCUT2D eigenvalue weighted by Gasteiger charge is -2.19. The van der Waals surface area contributed by atoms with Gasteiger partial charge < -0.3 is 15.4 Å². The van der Waals surface area contributed by atoms with Crippen molar-refractivity contribution >= 4 is 29.2 Å². The number of amides is 2. The number of ether oxygens (including phenoxy) is 1. The number of carbonyl (C=O) groups is 3. The third kappa shape index (κ3) is 5.02. The standard InChI is InChI=1S/C23H26N2O4/c1-23(2,3)15-7-11-17(12-8-15)25-21(27)19-13-18(19)20(26)24-16-9-5-14(6-10-16)22(28)29-4/h5-12,18-19H,13H2,1-4H3,(H,24,26)(H,25,27). The minimum Gasteiger partial charge on any atom is -0.465 e. The summed E-state index contributed by atoms with van der Waals surface area (Å²) in [4.78, 5) is 36.3. The summed E-state index contributed by atoms with van der Waals surface area (Å²) in [5.74, 6) is -1.44. The molecule has 29 heavy (non-hydrogen) atoms. The molecule has 6 heteroatoms. The van der Waals surface area contributed by atoms with Gasteiger partial charge in [-0.2, -0.15) is 0 Å². The Hall–Kier alpha value is -3.15. The van der Waals surface area contributed by atoms with Crippen LogP contribution in [0.15, 0.2) is 48.5 Å².